The molecule has 3 heteroatoms. The molecule has 0 saturated heterocycles. The Labute approximate surface area is 363 Å². The maximum Gasteiger partial charge on any atom is 0.136 e. The van der Waals surface area contributed by atoms with Crippen LogP contribution in [0.1, 0.15) is 0 Å². The monoisotopic (exact) mass is 803 g/mol. The SMILES string of the molecule is c1ccc(N(c2ccc(-c3ccc4c(ccc5ccccc54)c3)cc2)c2ccc(-c3ccc4c(c3)oc3ccccc34)cc2)c(-c2ccc3oc4cc5ccccc5cc4c3c2)c1. The fraction of sp³-hybridized carbons (Fsp3) is 0. The molecule has 13 rings (SSSR count). The first-order chi connectivity index (χ1) is 31.2. The molecule has 13 aromatic rings. The molecule has 0 N–H and O–H groups in total. The number of rotatable bonds is 6. The molecule has 0 aliphatic carbocycles. The van der Waals surface area contributed by atoms with Crippen LogP contribution in [0.4, 0.5) is 17.1 Å². The molecule has 294 valence electrons. The molecule has 63 heavy (non-hydrogen) atoms. The van der Waals surface area contributed by atoms with Gasteiger partial charge in [0, 0.05) is 38.5 Å². The van der Waals surface area contributed by atoms with Crippen LogP contribution in [0.5, 0.6) is 0 Å². The second-order valence-corrected chi connectivity index (χ2v) is 16.5. The number of hydrogen-bond donors (Lipinski definition) is 0. The molecular formula is C60H37NO2. The lowest BCUT2D eigenvalue weighted by atomic mass is 9.97. The maximum absolute atomic E-state index is 6.43. The zero-order valence-corrected chi connectivity index (χ0v) is 34.1. The zero-order chi connectivity index (χ0) is 41.4. The first-order valence-corrected chi connectivity index (χ1v) is 21.5. The van der Waals surface area contributed by atoms with Crippen LogP contribution >= 0.6 is 0 Å². The predicted octanol–water partition coefficient (Wildman–Crippen LogP) is 17.4. The van der Waals surface area contributed by atoms with Crippen LogP contribution in [0.25, 0.3) is 110 Å². The van der Waals surface area contributed by atoms with E-state index >= 15 is 0 Å². The summed E-state index contributed by atoms with van der Waals surface area (Å²) >= 11 is 0. The van der Waals surface area contributed by atoms with Crippen molar-refractivity contribution in [1.29, 1.82) is 0 Å². The van der Waals surface area contributed by atoms with Gasteiger partial charge >= 0.3 is 0 Å². The Morgan fingerprint density at radius 2 is 0.762 bits per heavy atom. The Kier molecular flexibility index (Phi) is 7.91. The molecule has 0 radical (unpaired) electrons. The highest BCUT2D eigenvalue weighted by Gasteiger charge is 2.19. The Balaban J connectivity index is 0.927. The fourth-order valence-electron chi connectivity index (χ4n) is 9.67. The smallest absolute Gasteiger partial charge is 0.136 e. The molecule has 0 aliphatic rings. The van der Waals surface area contributed by atoms with Crippen LogP contribution in [-0.4, -0.2) is 0 Å². The molecule has 0 fully saturated rings. The van der Waals surface area contributed by atoms with Crippen molar-refractivity contribution >= 4 is 93.3 Å². The second-order valence-electron chi connectivity index (χ2n) is 16.5. The van der Waals surface area contributed by atoms with Gasteiger partial charge in [0.1, 0.15) is 22.3 Å². The number of hydrogen-bond acceptors (Lipinski definition) is 3. The Morgan fingerprint density at radius 1 is 0.254 bits per heavy atom. The molecule has 2 heterocycles. The van der Waals surface area contributed by atoms with Crippen LogP contribution in [0, 0.1) is 0 Å². The lowest BCUT2D eigenvalue weighted by Gasteiger charge is -2.28. The largest absolute Gasteiger partial charge is 0.456 e. The molecule has 3 nitrogen and oxygen atoms in total. The van der Waals surface area contributed by atoms with Gasteiger partial charge in [-0.1, -0.05) is 146 Å². The third kappa shape index (κ3) is 5.89. The highest BCUT2D eigenvalue weighted by molar-refractivity contribution is 6.12. The molecule has 2 aromatic heterocycles. The number of para-hydroxylation sites is 2. The molecule has 11 aromatic carbocycles. The minimum Gasteiger partial charge on any atom is -0.456 e. The van der Waals surface area contributed by atoms with E-state index in [1.54, 1.807) is 0 Å². The summed E-state index contributed by atoms with van der Waals surface area (Å²) in [5.41, 5.74) is 13.6. The van der Waals surface area contributed by atoms with E-state index < -0.39 is 0 Å². The van der Waals surface area contributed by atoms with Gasteiger partial charge in [-0.2, -0.15) is 0 Å². The quantitative estimate of drug-likeness (QED) is 0.157. The average Bonchev–Trinajstić information content (AvgIpc) is 3.90. The van der Waals surface area contributed by atoms with E-state index in [0.717, 1.165) is 83.2 Å². The van der Waals surface area contributed by atoms with Crippen molar-refractivity contribution in [3.63, 3.8) is 0 Å². The van der Waals surface area contributed by atoms with E-state index in [0.29, 0.717) is 0 Å². The highest BCUT2D eigenvalue weighted by atomic mass is 16.3. The van der Waals surface area contributed by atoms with Crippen molar-refractivity contribution < 1.29 is 8.83 Å². The molecule has 0 saturated carbocycles. The Bertz CT molecular complexity index is 3910. The third-order valence-corrected chi connectivity index (χ3v) is 12.8. The fourth-order valence-corrected chi connectivity index (χ4v) is 9.67. The van der Waals surface area contributed by atoms with Crippen molar-refractivity contribution in [3.05, 3.63) is 224 Å². The molecule has 0 spiro atoms. The normalized spacial score (nSPS) is 11.8. The molecular weight excluding hydrogens is 767 g/mol. The minimum atomic E-state index is 0.882. The van der Waals surface area contributed by atoms with E-state index in [1.165, 1.54) is 43.4 Å². The number of fused-ring (bicyclic) bond motifs is 10. The van der Waals surface area contributed by atoms with E-state index in [1.807, 2.05) is 12.1 Å². The van der Waals surface area contributed by atoms with Crippen molar-refractivity contribution in [2.24, 2.45) is 0 Å². The van der Waals surface area contributed by atoms with E-state index in [4.69, 9.17) is 8.83 Å². The van der Waals surface area contributed by atoms with Gasteiger partial charge in [-0.05, 0) is 139 Å². The van der Waals surface area contributed by atoms with Crippen molar-refractivity contribution in [1.82, 2.24) is 0 Å². The summed E-state index contributed by atoms with van der Waals surface area (Å²) in [6.07, 6.45) is 0. The number of benzene rings is 11. The van der Waals surface area contributed by atoms with Gasteiger partial charge in [-0.15, -0.1) is 0 Å². The van der Waals surface area contributed by atoms with E-state index in [2.05, 4.69) is 217 Å². The summed E-state index contributed by atoms with van der Waals surface area (Å²) in [6.45, 7) is 0. The van der Waals surface area contributed by atoms with Crippen LogP contribution in [0.3, 0.4) is 0 Å². The molecule has 0 aliphatic heterocycles. The van der Waals surface area contributed by atoms with Gasteiger partial charge < -0.3 is 13.7 Å². The zero-order valence-electron chi connectivity index (χ0n) is 34.1. The van der Waals surface area contributed by atoms with E-state index in [9.17, 15) is 0 Å². The predicted molar refractivity (Wildman–Crippen MR) is 265 cm³/mol. The standard InChI is InChI=1S/C60H37NO2/c1-2-11-42-36-60-55(34-41(42)10-1)54-35-46(25-32-58(54)63-60)51-13-5-7-15-56(51)61(48-28-21-39(22-29-48)44-24-31-53-52-14-6-8-16-57(52)62-59(53)37-44)47-26-19-38(20-27-47)43-23-30-50-45(33-43)18-17-40-9-3-4-12-49(40)50/h1-37H. The summed E-state index contributed by atoms with van der Waals surface area (Å²) in [5, 5.41) is 11.9. The Hall–Kier alpha value is -8.40. The topological polar surface area (TPSA) is 29.5 Å². The highest BCUT2D eigenvalue weighted by Crippen LogP contribution is 2.44. The average molecular weight is 804 g/mol. The van der Waals surface area contributed by atoms with E-state index in [-0.39, 0.29) is 0 Å². The number of furan rings is 2. The summed E-state index contributed by atoms with van der Waals surface area (Å²) in [6, 6.07) is 80.7. The lowest BCUT2D eigenvalue weighted by Crippen LogP contribution is -2.11. The molecule has 0 atom stereocenters. The van der Waals surface area contributed by atoms with Crippen molar-refractivity contribution in [2.75, 3.05) is 4.90 Å². The van der Waals surface area contributed by atoms with Gasteiger partial charge in [0.05, 0.1) is 5.69 Å². The Morgan fingerprint density at radius 3 is 1.54 bits per heavy atom. The summed E-state index contributed by atoms with van der Waals surface area (Å²) in [4.78, 5) is 2.38. The van der Waals surface area contributed by atoms with Gasteiger partial charge in [-0.25, -0.2) is 0 Å². The van der Waals surface area contributed by atoms with Gasteiger partial charge in [-0.3, -0.25) is 0 Å². The first kappa shape index (κ1) is 35.4. The van der Waals surface area contributed by atoms with Gasteiger partial charge in [0.15, 0.2) is 0 Å². The summed E-state index contributed by atoms with van der Waals surface area (Å²) in [7, 11) is 0. The van der Waals surface area contributed by atoms with Crippen LogP contribution in [-0.2, 0) is 0 Å². The summed E-state index contributed by atoms with van der Waals surface area (Å²) < 4.78 is 12.7. The second kappa shape index (κ2) is 14.1. The maximum atomic E-state index is 6.43. The van der Waals surface area contributed by atoms with Gasteiger partial charge in [0.25, 0.3) is 0 Å². The number of anilines is 3. The first-order valence-electron chi connectivity index (χ1n) is 21.5. The van der Waals surface area contributed by atoms with Crippen molar-refractivity contribution in [2.45, 2.75) is 0 Å². The third-order valence-electron chi connectivity index (χ3n) is 12.8. The lowest BCUT2D eigenvalue weighted by molar-refractivity contribution is 0.669. The molecule has 0 bridgehead atoms. The van der Waals surface area contributed by atoms with Crippen LogP contribution in [0.15, 0.2) is 233 Å². The summed E-state index contributed by atoms with van der Waals surface area (Å²) in [5.74, 6) is 0. The van der Waals surface area contributed by atoms with Crippen LogP contribution in [0.2, 0.25) is 0 Å². The minimum absolute atomic E-state index is 0.882. The van der Waals surface area contributed by atoms with Crippen LogP contribution < -0.4 is 4.90 Å². The van der Waals surface area contributed by atoms with Gasteiger partial charge in [0.2, 0.25) is 0 Å². The number of nitrogens with zero attached hydrogens (tertiary/aromatic N) is 1. The molecule has 0 amide bonds. The van der Waals surface area contributed by atoms with Crippen molar-refractivity contribution in [3.8, 4) is 33.4 Å². The molecule has 0 unspecified atom stereocenters.